The highest BCUT2D eigenvalue weighted by molar-refractivity contribution is 5.84. The summed E-state index contributed by atoms with van der Waals surface area (Å²) in [5, 5.41) is 0.496. The predicted octanol–water partition coefficient (Wildman–Crippen LogP) is 7.68. The van der Waals surface area contributed by atoms with Crippen LogP contribution in [0, 0.1) is 52.8 Å². The molecule has 0 unspecified atom stereocenters. The van der Waals surface area contributed by atoms with Crippen LogP contribution in [0.1, 0.15) is 47.6 Å². The summed E-state index contributed by atoms with van der Waals surface area (Å²) in [6, 6.07) is 13.5. The SMILES string of the molecule is CCCCc1ccc(C#Cc2cc(F)c(C#Cc3ccc4c(F)c(F)ccc4c3)c(F)c2)c(F)c1. The highest BCUT2D eigenvalue weighted by atomic mass is 19.2. The third-order valence-electron chi connectivity index (χ3n) is 5.47. The molecule has 4 aromatic carbocycles. The molecule has 0 fully saturated rings. The molecule has 0 spiro atoms. The van der Waals surface area contributed by atoms with Crippen molar-refractivity contribution in [3.63, 3.8) is 0 Å². The fraction of sp³-hybridized carbons (Fsp3) is 0.133. The summed E-state index contributed by atoms with van der Waals surface area (Å²) >= 11 is 0. The first kappa shape index (κ1) is 24.0. The molecule has 35 heavy (non-hydrogen) atoms. The van der Waals surface area contributed by atoms with Gasteiger partial charge in [0.2, 0.25) is 0 Å². The van der Waals surface area contributed by atoms with Gasteiger partial charge in [0.1, 0.15) is 17.5 Å². The Labute approximate surface area is 200 Å². The Balaban J connectivity index is 1.58. The van der Waals surface area contributed by atoms with E-state index in [-0.39, 0.29) is 16.5 Å². The summed E-state index contributed by atoms with van der Waals surface area (Å²) in [5.41, 5.74) is 0.987. The van der Waals surface area contributed by atoms with E-state index >= 15 is 0 Å². The number of hydrogen-bond acceptors (Lipinski definition) is 0. The first-order valence-electron chi connectivity index (χ1n) is 11.0. The van der Waals surface area contributed by atoms with E-state index in [1.165, 1.54) is 30.3 Å². The maximum atomic E-state index is 14.6. The van der Waals surface area contributed by atoms with Gasteiger partial charge in [0.15, 0.2) is 11.6 Å². The number of rotatable bonds is 3. The normalized spacial score (nSPS) is 10.5. The smallest absolute Gasteiger partial charge is 0.166 e. The molecule has 0 nitrogen and oxygen atoms in total. The number of unbranched alkanes of at least 4 members (excludes halogenated alkanes) is 1. The second-order valence-corrected chi connectivity index (χ2v) is 8.03. The van der Waals surface area contributed by atoms with Crippen molar-refractivity contribution < 1.29 is 22.0 Å². The zero-order valence-electron chi connectivity index (χ0n) is 18.8. The molecule has 174 valence electrons. The quantitative estimate of drug-likeness (QED) is 0.211. The number of fused-ring (bicyclic) bond motifs is 1. The molecule has 0 bridgehead atoms. The van der Waals surface area contributed by atoms with Crippen molar-refractivity contribution in [2.45, 2.75) is 26.2 Å². The van der Waals surface area contributed by atoms with Gasteiger partial charge in [-0.3, -0.25) is 0 Å². The van der Waals surface area contributed by atoms with Gasteiger partial charge in [-0.05, 0) is 66.3 Å². The van der Waals surface area contributed by atoms with Gasteiger partial charge in [-0.1, -0.05) is 55.2 Å². The fourth-order valence-electron chi connectivity index (χ4n) is 3.58. The maximum Gasteiger partial charge on any atom is 0.166 e. The van der Waals surface area contributed by atoms with Gasteiger partial charge in [0, 0.05) is 16.5 Å². The van der Waals surface area contributed by atoms with Crippen LogP contribution >= 0.6 is 0 Å². The first-order chi connectivity index (χ1) is 16.9. The molecule has 0 heterocycles. The van der Waals surface area contributed by atoms with Crippen molar-refractivity contribution in [1.82, 2.24) is 0 Å². The minimum atomic E-state index is -0.969. The lowest BCUT2D eigenvalue weighted by molar-refractivity contribution is 0.517. The van der Waals surface area contributed by atoms with Crippen molar-refractivity contribution >= 4 is 10.8 Å². The second kappa shape index (κ2) is 10.5. The molecule has 4 aromatic rings. The highest BCUT2D eigenvalue weighted by Crippen LogP contribution is 2.22. The van der Waals surface area contributed by atoms with Crippen LogP contribution in [-0.2, 0) is 6.42 Å². The van der Waals surface area contributed by atoms with Crippen LogP contribution in [-0.4, -0.2) is 0 Å². The first-order valence-corrected chi connectivity index (χ1v) is 11.0. The molecule has 0 atom stereocenters. The molecule has 0 N–H and O–H groups in total. The average Bonchev–Trinajstić information content (AvgIpc) is 2.84. The van der Waals surface area contributed by atoms with Crippen LogP contribution in [0.5, 0.6) is 0 Å². The summed E-state index contributed by atoms with van der Waals surface area (Å²) in [4.78, 5) is 0. The molecular weight excluding hydrogens is 455 g/mol. The molecular formula is C30H19F5. The topological polar surface area (TPSA) is 0 Å². The third kappa shape index (κ3) is 5.53. The molecule has 4 rings (SSSR count). The Morgan fingerprint density at radius 1 is 0.629 bits per heavy atom. The molecule has 0 aliphatic heterocycles. The van der Waals surface area contributed by atoms with Crippen molar-refractivity contribution in [1.29, 1.82) is 0 Å². The summed E-state index contributed by atoms with van der Waals surface area (Å²) in [6.45, 7) is 2.06. The molecule has 0 aliphatic rings. The summed E-state index contributed by atoms with van der Waals surface area (Å²) in [7, 11) is 0. The standard InChI is InChI=1S/C30H19F5/c1-2-3-4-19-5-9-22(27(32)16-19)10-6-21-17-28(33)25(29(34)18-21)13-8-20-7-12-24-23(15-20)11-14-26(31)30(24)35/h5,7,9,11-12,14-18H,2-4H2,1H3. The Bertz CT molecular complexity index is 1520. The summed E-state index contributed by atoms with van der Waals surface area (Å²) in [5.74, 6) is 6.06. The van der Waals surface area contributed by atoms with E-state index in [1.807, 2.05) is 0 Å². The van der Waals surface area contributed by atoms with E-state index in [0.29, 0.717) is 10.9 Å². The van der Waals surface area contributed by atoms with Gasteiger partial charge in [-0.2, -0.15) is 0 Å². The monoisotopic (exact) mass is 474 g/mol. The summed E-state index contributed by atoms with van der Waals surface area (Å²) < 4.78 is 70.6. The van der Waals surface area contributed by atoms with E-state index in [4.69, 9.17) is 0 Å². The van der Waals surface area contributed by atoms with E-state index in [1.54, 1.807) is 12.1 Å². The second-order valence-electron chi connectivity index (χ2n) is 8.03. The molecule has 0 saturated carbocycles. The Morgan fingerprint density at radius 3 is 2.09 bits per heavy atom. The molecule has 0 radical (unpaired) electrons. The van der Waals surface area contributed by atoms with Crippen LogP contribution in [0.4, 0.5) is 22.0 Å². The van der Waals surface area contributed by atoms with Gasteiger partial charge >= 0.3 is 0 Å². The molecule has 0 saturated heterocycles. The minimum absolute atomic E-state index is 0.0446. The van der Waals surface area contributed by atoms with Crippen molar-refractivity contribution in [3.05, 3.63) is 118 Å². The zero-order chi connectivity index (χ0) is 24.9. The van der Waals surface area contributed by atoms with Gasteiger partial charge in [0.25, 0.3) is 0 Å². The van der Waals surface area contributed by atoms with Crippen LogP contribution in [0.2, 0.25) is 0 Å². The van der Waals surface area contributed by atoms with Gasteiger partial charge in [0.05, 0.1) is 11.1 Å². The fourth-order valence-corrected chi connectivity index (χ4v) is 3.58. The Kier molecular flexibility index (Phi) is 7.18. The predicted molar refractivity (Wildman–Crippen MR) is 127 cm³/mol. The largest absolute Gasteiger partial charge is 0.206 e. The lowest BCUT2D eigenvalue weighted by Crippen LogP contribution is -1.93. The molecule has 0 amide bonds. The van der Waals surface area contributed by atoms with Gasteiger partial charge in [-0.25, -0.2) is 22.0 Å². The molecule has 5 heteroatoms. The van der Waals surface area contributed by atoms with Crippen LogP contribution in [0.25, 0.3) is 10.8 Å². The molecule has 0 aromatic heterocycles. The number of benzene rings is 4. The minimum Gasteiger partial charge on any atom is -0.206 e. The number of halogens is 5. The van der Waals surface area contributed by atoms with E-state index in [9.17, 15) is 22.0 Å². The van der Waals surface area contributed by atoms with E-state index in [0.717, 1.165) is 43.0 Å². The van der Waals surface area contributed by atoms with Gasteiger partial charge in [-0.15, -0.1) is 0 Å². The lowest BCUT2D eigenvalue weighted by Gasteiger charge is -2.02. The van der Waals surface area contributed by atoms with Crippen LogP contribution in [0.15, 0.2) is 60.7 Å². The van der Waals surface area contributed by atoms with Crippen molar-refractivity contribution in [2.24, 2.45) is 0 Å². The number of hydrogen-bond donors (Lipinski definition) is 0. The zero-order valence-corrected chi connectivity index (χ0v) is 18.8. The maximum absolute atomic E-state index is 14.6. The number of aryl methyl sites for hydroxylation is 1. The molecule has 0 aliphatic carbocycles. The van der Waals surface area contributed by atoms with Crippen LogP contribution in [0.3, 0.4) is 0 Å². The lowest BCUT2D eigenvalue weighted by atomic mass is 10.0. The van der Waals surface area contributed by atoms with Crippen molar-refractivity contribution in [3.8, 4) is 23.7 Å². The van der Waals surface area contributed by atoms with Crippen molar-refractivity contribution in [2.75, 3.05) is 0 Å². The van der Waals surface area contributed by atoms with Gasteiger partial charge < -0.3 is 0 Å². The van der Waals surface area contributed by atoms with Crippen LogP contribution < -0.4 is 0 Å². The van der Waals surface area contributed by atoms with E-state index in [2.05, 4.69) is 30.6 Å². The van der Waals surface area contributed by atoms with E-state index < -0.39 is 34.6 Å². The Morgan fingerprint density at radius 2 is 1.37 bits per heavy atom. The highest BCUT2D eigenvalue weighted by Gasteiger charge is 2.10. The Hall–Kier alpha value is -4.09. The summed E-state index contributed by atoms with van der Waals surface area (Å²) in [6.07, 6.45) is 2.73. The third-order valence-corrected chi connectivity index (χ3v) is 5.47. The average molecular weight is 474 g/mol.